The molecule has 1 aromatic carbocycles. The van der Waals surface area contributed by atoms with E-state index in [1.807, 2.05) is 11.0 Å². The maximum atomic E-state index is 12.5. The van der Waals surface area contributed by atoms with Gasteiger partial charge in [0.15, 0.2) is 5.76 Å². The molecule has 0 bridgehead atoms. The van der Waals surface area contributed by atoms with Gasteiger partial charge in [0.05, 0.1) is 6.26 Å². The van der Waals surface area contributed by atoms with Crippen LogP contribution >= 0.6 is 0 Å². The fraction of sp³-hybridized carbons (Fsp3) is 0.421. The highest BCUT2D eigenvalue weighted by Crippen LogP contribution is 2.19. The van der Waals surface area contributed by atoms with Crippen molar-refractivity contribution in [1.82, 2.24) is 9.80 Å². The lowest BCUT2D eigenvalue weighted by Crippen LogP contribution is -2.58. The van der Waals surface area contributed by atoms with Crippen LogP contribution in [0.1, 0.15) is 30.0 Å². The molecular formula is C19H24N2O2. The fourth-order valence-corrected chi connectivity index (χ4v) is 3.42. The van der Waals surface area contributed by atoms with Gasteiger partial charge in [-0.25, -0.2) is 0 Å². The normalized spacial score (nSPS) is 22.3. The van der Waals surface area contributed by atoms with E-state index in [0.29, 0.717) is 17.8 Å². The van der Waals surface area contributed by atoms with Crippen molar-refractivity contribution in [2.75, 3.05) is 19.6 Å². The quantitative estimate of drug-likeness (QED) is 0.870. The average Bonchev–Trinajstić information content (AvgIpc) is 3.08. The predicted octanol–water partition coefficient (Wildman–Crippen LogP) is 3.06. The van der Waals surface area contributed by atoms with Crippen LogP contribution in [0.3, 0.4) is 0 Å². The summed E-state index contributed by atoms with van der Waals surface area (Å²) in [5, 5.41) is 0. The van der Waals surface area contributed by atoms with Gasteiger partial charge < -0.3 is 9.32 Å². The Hall–Kier alpha value is -2.07. The first-order valence-corrected chi connectivity index (χ1v) is 8.27. The van der Waals surface area contributed by atoms with Gasteiger partial charge in [0.25, 0.3) is 5.91 Å². The Kier molecular flexibility index (Phi) is 4.82. The molecule has 0 spiro atoms. The first kappa shape index (κ1) is 15.8. The number of rotatable bonds is 4. The van der Waals surface area contributed by atoms with E-state index >= 15 is 0 Å². The molecule has 1 aromatic heterocycles. The maximum Gasteiger partial charge on any atom is 0.289 e. The van der Waals surface area contributed by atoms with E-state index in [1.165, 1.54) is 5.56 Å². The molecule has 1 aliphatic heterocycles. The Morgan fingerprint density at radius 1 is 1.09 bits per heavy atom. The lowest BCUT2D eigenvalue weighted by atomic mass is 10.1. The molecule has 3 rings (SSSR count). The highest BCUT2D eigenvalue weighted by atomic mass is 16.3. The van der Waals surface area contributed by atoms with Crippen molar-refractivity contribution in [2.45, 2.75) is 32.4 Å². The minimum absolute atomic E-state index is 0.00332. The molecule has 0 radical (unpaired) electrons. The third kappa shape index (κ3) is 3.64. The van der Waals surface area contributed by atoms with Crippen molar-refractivity contribution in [3.8, 4) is 0 Å². The summed E-state index contributed by atoms with van der Waals surface area (Å²) < 4.78 is 5.25. The zero-order valence-corrected chi connectivity index (χ0v) is 13.8. The Morgan fingerprint density at radius 2 is 1.78 bits per heavy atom. The van der Waals surface area contributed by atoms with Crippen LogP contribution < -0.4 is 0 Å². The van der Waals surface area contributed by atoms with E-state index in [-0.39, 0.29) is 5.91 Å². The minimum Gasteiger partial charge on any atom is -0.459 e. The van der Waals surface area contributed by atoms with Crippen LogP contribution in [0.25, 0.3) is 0 Å². The second kappa shape index (κ2) is 7.01. The summed E-state index contributed by atoms with van der Waals surface area (Å²) in [7, 11) is 0. The van der Waals surface area contributed by atoms with Crippen molar-refractivity contribution in [3.63, 3.8) is 0 Å². The molecule has 2 atom stereocenters. The topological polar surface area (TPSA) is 36.7 Å². The van der Waals surface area contributed by atoms with E-state index < -0.39 is 0 Å². The second-order valence-corrected chi connectivity index (χ2v) is 6.36. The standard InChI is InChI=1S/C19H24N2O2/c1-15-13-20(19(22)18-9-6-12-23-18)14-16(2)21(15)11-10-17-7-4-3-5-8-17/h3-9,12,15-16H,10-11,13-14H2,1-2H3. The third-order valence-electron chi connectivity index (χ3n) is 4.62. The molecule has 122 valence electrons. The van der Waals surface area contributed by atoms with Crippen molar-refractivity contribution in [2.24, 2.45) is 0 Å². The second-order valence-electron chi connectivity index (χ2n) is 6.36. The number of amides is 1. The molecule has 1 saturated heterocycles. The van der Waals surface area contributed by atoms with Crippen molar-refractivity contribution < 1.29 is 9.21 Å². The predicted molar refractivity (Wildman–Crippen MR) is 90.4 cm³/mol. The average molecular weight is 312 g/mol. The lowest BCUT2D eigenvalue weighted by molar-refractivity contribution is 0.0290. The Labute approximate surface area is 137 Å². The van der Waals surface area contributed by atoms with E-state index in [2.05, 4.69) is 43.0 Å². The molecular weight excluding hydrogens is 288 g/mol. The number of carbonyl (C=O) groups is 1. The van der Waals surface area contributed by atoms with Gasteiger partial charge in [-0.2, -0.15) is 0 Å². The van der Waals surface area contributed by atoms with Gasteiger partial charge in [-0.1, -0.05) is 30.3 Å². The van der Waals surface area contributed by atoms with Gasteiger partial charge in [-0.05, 0) is 38.0 Å². The van der Waals surface area contributed by atoms with Crippen LogP contribution in [-0.2, 0) is 6.42 Å². The molecule has 23 heavy (non-hydrogen) atoms. The summed E-state index contributed by atoms with van der Waals surface area (Å²) in [4.78, 5) is 16.9. The Balaban J connectivity index is 1.60. The van der Waals surface area contributed by atoms with Crippen LogP contribution in [0.15, 0.2) is 53.1 Å². The maximum absolute atomic E-state index is 12.5. The molecule has 4 heteroatoms. The van der Waals surface area contributed by atoms with Crippen LogP contribution in [0.4, 0.5) is 0 Å². The van der Waals surface area contributed by atoms with E-state index in [1.54, 1.807) is 18.4 Å². The molecule has 0 aliphatic carbocycles. The number of hydrogen-bond donors (Lipinski definition) is 0. The molecule has 2 heterocycles. The summed E-state index contributed by atoms with van der Waals surface area (Å²) >= 11 is 0. The minimum atomic E-state index is -0.00332. The Bertz CT molecular complexity index is 612. The van der Waals surface area contributed by atoms with Crippen LogP contribution in [0.5, 0.6) is 0 Å². The van der Waals surface area contributed by atoms with Gasteiger partial charge in [0, 0.05) is 31.7 Å². The molecule has 0 N–H and O–H groups in total. The molecule has 1 aliphatic rings. The van der Waals surface area contributed by atoms with Gasteiger partial charge in [-0.3, -0.25) is 9.69 Å². The van der Waals surface area contributed by atoms with Crippen LogP contribution in [0.2, 0.25) is 0 Å². The number of hydrogen-bond acceptors (Lipinski definition) is 3. The smallest absolute Gasteiger partial charge is 0.289 e. The first-order chi connectivity index (χ1) is 11.1. The van der Waals surface area contributed by atoms with Gasteiger partial charge in [-0.15, -0.1) is 0 Å². The SMILES string of the molecule is CC1CN(C(=O)c2ccco2)CC(C)N1CCc1ccccc1. The highest BCUT2D eigenvalue weighted by molar-refractivity contribution is 5.91. The summed E-state index contributed by atoms with van der Waals surface area (Å²) in [6, 6.07) is 14.8. The number of benzene rings is 1. The molecule has 0 saturated carbocycles. The summed E-state index contributed by atoms with van der Waals surface area (Å²) in [5.41, 5.74) is 1.36. The first-order valence-electron chi connectivity index (χ1n) is 8.27. The van der Waals surface area contributed by atoms with E-state index in [0.717, 1.165) is 26.1 Å². The Morgan fingerprint density at radius 3 is 2.39 bits per heavy atom. The zero-order chi connectivity index (χ0) is 16.2. The molecule has 4 nitrogen and oxygen atoms in total. The summed E-state index contributed by atoms with van der Waals surface area (Å²) in [6.07, 6.45) is 2.60. The molecule has 2 aromatic rings. The number of piperazine rings is 1. The fourth-order valence-electron chi connectivity index (χ4n) is 3.42. The number of furan rings is 1. The zero-order valence-electron chi connectivity index (χ0n) is 13.8. The number of nitrogens with zero attached hydrogens (tertiary/aromatic N) is 2. The third-order valence-corrected chi connectivity index (χ3v) is 4.62. The van der Waals surface area contributed by atoms with E-state index in [4.69, 9.17) is 4.42 Å². The van der Waals surface area contributed by atoms with Crippen molar-refractivity contribution >= 4 is 5.91 Å². The van der Waals surface area contributed by atoms with Crippen molar-refractivity contribution in [3.05, 3.63) is 60.1 Å². The monoisotopic (exact) mass is 312 g/mol. The van der Waals surface area contributed by atoms with Gasteiger partial charge in [0.2, 0.25) is 0 Å². The molecule has 2 unspecified atom stereocenters. The van der Waals surface area contributed by atoms with Crippen LogP contribution in [0, 0.1) is 0 Å². The summed E-state index contributed by atoms with van der Waals surface area (Å²) in [5.74, 6) is 0.429. The van der Waals surface area contributed by atoms with Crippen molar-refractivity contribution in [1.29, 1.82) is 0 Å². The highest BCUT2D eigenvalue weighted by Gasteiger charge is 2.32. The lowest BCUT2D eigenvalue weighted by Gasteiger charge is -2.44. The number of carbonyl (C=O) groups excluding carboxylic acids is 1. The summed E-state index contributed by atoms with van der Waals surface area (Å²) in [6.45, 7) is 6.92. The van der Waals surface area contributed by atoms with E-state index in [9.17, 15) is 4.79 Å². The molecule has 1 fully saturated rings. The van der Waals surface area contributed by atoms with Gasteiger partial charge >= 0.3 is 0 Å². The van der Waals surface area contributed by atoms with Gasteiger partial charge in [0.1, 0.15) is 0 Å². The molecule has 1 amide bonds. The largest absolute Gasteiger partial charge is 0.459 e. The van der Waals surface area contributed by atoms with Crippen LogP contribution in [-0.4, -0.2) is 47.4 Å².